The van der Waals surface area contributed by atoms with E-state index in [1.807, 2.05) is 4.90 Å². The summed E-state index contributed by atoms with van der Waals surface area (Å²) >= 11 is 3.36. The molecule has 0 aliphatic carbocycles. The third-order valence-electron chi connectivity index (χ3n) is 4.54. The fourth-order valence-electron chi connectivity index (χ4n) is 2.95. The van der Waals surface area contributed by atoms with E-state index in [-0.39, 0.29) is 11.3 Å². The molecule has 1 aliphatic rings. The van der Waals surface area contributed by atoms with Crippen LogP contribution in [0.3, 0.4) is 0 Å². The van der Waals surface area contributed by atoms with Crippen molar-refractivity contribution in [2.24, 2.45) is 14.1 Å². The monoisotopic (exact) mass is 433 g/mol. The predicted octanol–water partition coefficient (Wildman–Crippen LogP) is 1.38. The van der Waals surface area contributed by atoms with E-state index in [1.165, 1.54) is 11.6 Å². The molecule has 0 amide bonds. The molecular formula is C19H20BrN3O4. The maximum atomic E-state index is 13.1. The lowest BCUT2D eigenvalue weighted by atomic mass is 10.0. The lowest BCUT2D eigenvalue weighted by molar-refractivity contribution is 0.0597. The first kappa shape index (κ1) is 19.3. The van der Waals surface area contributed by atoms with Crippen LogP contribution in [0, 0.1) is 0 Å². The van der Waals surface area contributed by atoms with Gasteiger partial charge in [-0.15, -0.1) is 0 Å². The third kappa shape index (κ3) is 3.81. The summed E-state index contributed by atoms with van der Waals surface area (Å²) in [6.07, 6.45) is 3.45. The maximum Gasteiger partial charge on any atom is 0.330 e. The number of ketones is 1. The van der Waals surface area contributed by atoms with E-state index >= 15 is 0 Å². The van der Waals surface area contributed by atoms with Crippen LogP contribution in [0.2, 0.25) is 0 Å². The van der Waals surface area contributed by atoms with Gasteiger partial charge in [-0.05, 0) is 18.2 Å². The minimum atomic E-state index is -0.611. The molecule has 142 valence electrons. The van der Waals surface area contributed by atoms with Gasteiger partial charge in [0.15, 0.2) is 0 Å². The van der Waals surface area contributed by atoms with Gasteiger partial charge in [-0.3, -0.25) is 18.7 Å². The first-order valence-electron chi connectivity index (χ1n) is 8.51. The second-order valence-electron chi connectivity index (χ2n) is 6.24. The van der Waals surface area contributed by atoms with Crippen molar-refractivity contribution in [2.45, 2.75) is 0 Å². The third-order valence-corrected chi connectivity index (χ3v) is 5.24. The fraction of sp³-hybridized carbons (Fsp3) is 0.316. The molecule has 0 radical (unpaired) electrons. The first-order chi connectivity index (χ1) is 12.9. The number of nitrogens with zero attached hydrogens (tertiary/aromatic N) is 3. The number of hydrogen-bond donors (Lipinski definition) is 0. The summed E-state index contributed by atoms with van der Waals surface area (Å²) in [7, 11) is 2.93. The van der Waals surface area contributed by atoms with Gasteiger partial charge in [0.05, 0.1) is 18.9 Å². The number of hydrogen-bond acceptors (Lipinski definition) is 5. The Balaban J connectivity index is 2.16. The Bertz CT molecular complexity index is 1020. The average Bonchev–Trinajstić information content (AvgIpc) is 2.68. The van der Waals surface area contributed by atoms with Crippen molar-refractivity contribution in [3.05, 3.63) is 72.6 Å². The van der Waals surface area contributed by atoms with Crippen molar-refractivity contribution in [2.75, 3.05) is 26.3 Å². The van der Waals surface area contributed by atoms with Crippen molar-refractivity contribution in [3.8, 4) is 0 Å². The average molecular weight is 434 g/mol. The van der Waals surface area contributed by atoms with Gasteiger partial charge < -0.3 is 9.64 Å². The van der Waals surface area contributed by atoms with Crippen LogP contribution < -0.4 is 11.2 Å². The molecule has 1 aromatic carbocycles. The molecule has 1 aliphatic heterocycles. The van der Waals surface area contributed by atoms with Crippen LogP contribution in [0.4, 0.5) is 0 Å². The molecule has 0 saturated carbocycles. The van der Waals surface area contributed by atoms with Crippen LogP contribution in [-0.4, -0.2) is 46.1 Å². The normalized spacial score (nSPS) is 14.7. The number of morpholine rings is 1. The van der Waals surface area contributed by atoms with Crippen molar-refractivity contribution < 1.29 is 9.53 Å². The Morgan fingerprint density at radius 2 is 1.78 bits per heavy atom. The Kier molecular flexibility index (Phi) is 5.76. The zero-order valence-corrected chi connectivity index (χ0v) is 16.7. The standard InChI is InChI=1S/C19H20BrN3O4/c1-21-15(7-8-23-9-11-27-12-10-23)16(18(25)22(2)19(21)26)17(24)13-5-3-4-6-14(13)20/h3-8H,9-12H2,1-2H3/b8-7+. The maximum absolute atomic E-state index is 13.1. The molecular weight excluding hydrogens is 414 g/mol. The molecule has 0 N–H and O–H groups in total. The van der Waals surface area contributed by atoms with Crippen LogP contribution >= 0.6 is 15.9 Å². The van der Waals surface area contributed by atoms with Gasteiger partial charge in [0.1, 0.15) is 5.56 Å². The van der Waals surface area contributed by atoms with E-state index < -0.39 is 17.0 Å². The number of benzene rings is 1. The summed E-state index contributed by atoms with van der Waals surface area (Å²) in [5.41, 5.74) is -0.466. The fourth-order valence-corrected chi connectivity index (χ4v) is 3.42. The number of carbonyl (C=O) groups is 1. The number of halogens is 1. The van der Waals surface area contributed by atoms with E-state index in [0.29, 0.717) is 36.3 Å². The Hall–Kier alpha value is -2.45. The molecule has 0 bridgehead atoms. The molecule has 3 rings (SSSR count). The summed E-state index contributed by atoms with van der Waals surface area (Å²) < 4.78 is 8.19. The summed E-state index contributed by atoms with van der Waals surface area (Å²) in [6, 6.07) is 6.90. The van der Waals surface area contributed by atoms with Gasteiger partial charge in [0.2, 0.25) is 5.78 Å². The van der Waals surface area contributed by atoms with Crippen LogP contribution in [0.1, 0.15) is 21.6 Å². The highest BCUT2D eigenvalue weighted by atomic mass is 79.9. The van der Waals surface area contributed by atoms with Crippen molar-refractivity contribution >= 4 is 27.8 Å². The smallest absolute Gasteiger partial charge is 0.330 e. The van der Waals surface area contributed by atoms with Gasteiger partial charge >= 0.3 is 5.69 Å². The summed E-state index contributed by atoms with van der Waals surface area (Å²) in [4.78, 5) is 40.3. The highest BCUT2D eigenvalue weighted by Gasteiger charge is 2.23. The molecule has 2 heterocycles. The van der Waals surface area contributed by atoms with E-state index in [1.54, 1.807) is 43.6 Å². The van der Waals surface area contributed by atoms with E-state index in [2.05, 4.69) is 15.9 Å². The minimum Gasteiger partial charge on any atom is -0.378 e. The molecule has 8 heteroatoms. The number of ether oxygens (including phenoxy) is 1. The van der Waals surface area contributed by atoms with E-state index in [4.69, 9.17) is 4.74 Å². The number of aromatic nitrogens is 2. The van der Waals surface area contributed by atoms with Crippen molar-refractivity contribution in [3.63, 3.8) is 0 Å². The molecule has 0 atom stereocenters. The van der Waals surface area contributed by atoms with Crippen molar-refractivity contribution in [1.29, 1.82) is 0 Å². The summed E-state index contributed by atoms with van der Waals surface area (Å²) in [5.74, 6) is -0.430. The van der Waals surface area contributed by atoms with E-state index in [0.717, 1.165) is 4.57 Å². The zero-order chi connectivity index (χ0) is 19.6. The number of rotatable bonds is 4. The van der Waals surface area contributed by atoms with Crippen LogP contribution in [0.25, 0.3) is 6.08 Å². The predicted molar refractivity (Wildman–Crippen MR) is 106 cm³/mol. The van der Waals surface area contributed by atoms with Crippen LogP contribution in [0.15, 0.2) is 44.5 Å². The Morgan fingerprint density at radius 1 is 1.11 bits per heavy atom. The molecule has 7 nitrogen and oxygen atoms in total. The lowest BCUT2D eigenvalue weighted by Gasteiger charge is -2.25. The van der Waals surface area contributed by atoms with Crippen LogP contribution in [0.5, 0.6) is 0 Å². The molecule has 2 aromatic rings. The number of carbonyl (C=O) groups excluding carboxylic acids is 1. The second-order valence-corrected chi connectivity index (χ2v) is 7.09. The van der Waals surface area contributed by atoms with Gasteiger partial charge in [-0.25, -0.2) is 4.79 Å². The molecule has 1 fully saturated rings. The zero-order valence-electron chi connectivity index (χ0n) is 15.1. The Labute approximate surface area is 164 Å². The lowest BCUT2D eigenvalue weighted by Crippen LogP contribution is -2.42. The summed E-state index contributed by atoms with van der Waals surface area (Å²) in [6.45, 7) is 2.65. The van der Waals surface area contributed by atoms with Crippen molar-refractivity contribution in [1.82, 2.24) is 14.0 Å². The van der Waals surface area contributed by atoms with Gasteiger partial charge in [-0.1, -0.05) is 28.1 Å². The Morgan fingerprint density at radius 3 is 2.44 bits per heavy atom. The van der Waals surface area contributed by atoms with Gasteiger partial charge in [0.25, 0.3) is 5.56 Å². The topological polar surface area (TPSA) is 73.5 Å². The molecule has 0 unspecified atom stereocenters. The molecule has 27 heavy (non-hydrogen) atoms. The minimum absolute atomic E-state index is 0.0315. The van der Waals surface area contributed by atoms with Gasteiger partial charge in [0, 0.05) is 43.4 Å². The largest absolute Gasteiger partial charge is 0.378 e. The SMILES string of the molecule is Cn1c(/C=C/N2CCOCC2)c(C(=O)c2ccccc2Br)c(=O)n(C)c1=O. The molecule has 0 spiro atoms. The van der Waals surface area contributed by atoms with Gasteiger partial charge in [-0.2, -0.15) is 0 Å². The molecule has 1 saturated heterocycles. The first-order valence-corrected chi connectivity index (χ1v) is 9.30. The highest BCUT2D eigenvalue weighted by Crippen LogP contribution is 2.20. The quantitative estimate of drug-likeness (QED) is 0.680. The summed E-state index contributed by atoms with van der Waals surface area (Å²) in [5, 5.41) is 0. The second kappa shape index (κ2) is 8.06. The highest BCUT2D eigenvalue weighted by molar-refractivity contribution is 9.10. The molecule has 1 aromatic heterocycles. The van der Waals surface area contributed by atoms with Crippen LogP contribution in [-0.2, 0) is 18.8 Å². The van der Waals surface area contributed by atoms with E-state index in [9.17, 15) is 14.4 Å².